The van der Waals surface area contributed by atoms with Gasteiger partial charge in [-0.3, -0.25) is 0 Å². The van der Waals surface area contributed by atoms with Crippen LogP contribution in [0.3, 0.4) is 0 Å². The minimum Gasteiger partial charge on any atom is -0.332 e. The van der Waals surface area contributed by atoms with E-state index in [2.05, 4.69) is 89.0 Å². The van der Waals surface area contributed by atoms with E-state index in [-0.39, 0.29) is 0 Å². The zero-order chi connectivity index (χ0) is 18.1. The van der Waals surface area contributed by atoms with E-state index in [0.717, 1.165) is 17.5 Å². The maximum Gasteiger partial charge on any atom is 0.191 e. The van der Waals surface area contributed by atoms with Crippen LogP contribution < -0.4 is 4.90 Å². The lowest BCUT2D eigenvalue weighted by molar-refractivity contribution is 0.637. The van der Waals surface area contributed by atoms with Gasteiger partial charge in [0.25, 0.3) is 0 Å². The summed E-state index contributed by atoms with van der Waals surface area (Å²) in [5.74, 6) is 1.01. The van der Waals surface area contributed by atoms with Crippen molar-refractivity contribution in [1.82, 2.24) is 14.8 Å². The summed E-state index contributed by atoms with van der Waals surface area (Å²) in [5.41, 5.74) is 2.47. The van der Waals surface area contributed by atoms with Crippen LogP contribution in [-0.4, -0.2) is 20.0 Å². The Bertz CT molecular complexity index is 874. The molecule has 2 heterocycles. The molecule has 0 spiro atoms. The molecule has 0 unspecified atom stereocenters. The van der Waals surface area contributed by atoms with Crippen LogP contribution in [0.1, 0.15) is 26.6 Å². The minimum absolute atomic E-state index is 0.491. The Kier molecular flexibility index (Phi) is 4.96. The number of anilines is 2. The number of fused-ring (bicyclic) bond motifs is 2. The first-order valence-corrected chi connectivity index (χ1v) is 10.6. The Labute approximate surface area is 163 Å². The van der Waals surface area contributed by atoms with Crippen LogP contribution in [0.5, 0.6) is 0 Å². The second kappa shape index (κ2) is 7.37. The summed E-state index contributed by atoms with van der Waals surface area (Å²) in [6.45, 7) is 8.13. The lowest BCUT2D eigenvalue weighted by atomic mass is 10.2. The molecule has 0 aliphatic carbocycles. The van der Waals surface area contributed by atoms with E-state index in [1.165, 1.54) is 21.2 Å². The van der Waals surface area contributed by atoms with E-state index in [4.69, 9.17) is 0 Å². The van der Waals surface area contributed by atoms with Crippen LogP contribution in [0.15, 0.2) is 63.5 Å². The summed E-state index contributed by atoms with van der Waals surface area (Å²) in [4.78, 5) is 4.93. The maximum absolute atomic E-state index is 4.52. The Balaban J connectivity index is 1.74. The molecule has 6 heteroatoms. The highest BCUT2D eigenvalue weighted by Gasteiger charge is 2.25. The number of rotatable bonds is 5. The topological polar surface area (TPSA) is 34.0 Å². The number of hydrogen-bond donors (Lipinski definition) is 0. The molecule has 0 saturated carbocycles. The molecule has 1 aromatic heterocycles. The van der Waals surface area contributed by atoms with Crippen molar-refractivity contribution >= 4 is 34.9 Å². The third kappa shape index (κ3) is 3.23. The molecule has 3 aromatic rings. The van der Waals surface area contributed by atoms with Crippen molar-refractivity contribution in [3.8, 4) is 0 Å². The smallest absolute Gasteiger partial charge is 0.191 e. The summed E-state index contributed by atoms with van der Waals surface area (Å²) in [6, 6.07) is 17.2. The van der Waals surface area contributed by atoms with Gasteiger partial charge in [-0.15, -0.1) is 10.2 Å². The van der Waals surface area contributed by atoms with Crippen LogP contribution in [0.4, 0.5) is 11.4 Å². The molecule has 0 amide bonds. The summed E-state index contributed by atoms with van der Waals surface area (Å²) < 4.78 is 2.23. The van der Waals surface area contributed by atoms with Gasteiger partial charge in [0.05, 0.1) is 17.9 Å². The van der Waals surface area contributed by atoms with Crippen molar-refractivity contribution in [2.75, 3.05) is 4.90 Å². The molecule has 0 radical (unpaired) electrons. The van der Waals surface area contributed by atoms with Gasteiger partial charge in [0.15, 0.2) is 11.0 Å². The van der Waals surface area contributed by atoms with Gasteiger partial charge >= 0.3 is 0 Å². The second-order valence-electron chi connectivity index (χ2n) is 6.43. The molecule has 26 heavy (non-hydrogen) atoms. The maximum atomic E-state index is 4.52. The molecule has 0 atom stereocenters. The molecular formula is C20H22N4S2. The lowest BCUT2D eigenvalue weighted by Gasteiger charge is -2.32. The number of para-hydroxylation sites is 2. The van der Waals surface area contributed by atoms with Crippen molar-refractivity contribution in [2.24, 2.45) is 0 Å². The molecule has 4 rings (SSSR count). The average molecular weight is 383 g/mol. The molecule has 0 fully saturated rings. The first kappa shape index (κ1) is 17.5. The fraction of sp³-hybridized carbons (Fsp3) is 0.300. The van der Waals surface area contributed by atoms with Gasteiger partial charge in [-0.2, -0.15) is 0 Å². The molecule has 0 bridgehead atoms. The van der Waals surface area contributed by atoms with Crippen molar-refractivity contribution in [3.63, 3.8) is 0 Å². The number of hydrogen-bond acceptors (Lipinski definition) is 5. The van der Waals surface area contributed by atoms with Crippen molar-refractivity contribution in [1.29, 1.82) is 0 Å². The predicted molar refractivity (Wildman–Crippen MR) is 110 cm³/mol. The van der Waals surface area contributed by atoms with Crippen LogP contribution in [0, 0.1) is 0 Å². The van der Waals surface area contributed by atoms with Gasteiger partial charge in [0, 0.05) is 21.6 Å². The number of thioether (sulfide) groups is 1. The van der Waals surface area contributed by atoms with Crippen LogP contribution >= 0.6 is 23.5 Å². The quantitative estimate of drug-likeness (QED) is 0.536. The third-order valence-corrected chi connectivity index (χ3v) is 6.40. The molecule has 1 aliphatic rings. The summed E-state index contributed by atoms with van der Waals surface area (Å²) >= 11 is 3.60. The fourth-order valence-electron chi connectivity index (χ4n) is 3.14. The highest BCUT2D eigenvalue weighted by atomic mass is 32.2. The third-order valence-electron chi connectivity index (χ3n) is 4.28. The Morgan fingerprint density at radius 3 is 2.15 bits per heavy atom. The molecule has 4 nitrogen and oxygen atoms in total. The highest BCUT2D eigenvalue weighted by molar-refractivity contribution is 8.00. The van der Waals surface area contributed by atoms with Crippen molar-refractivity contribution in [2.45, 2.75) is 54.1 Å². The zero-order valence-corrected chi connectivity index (χ0v) is 16.8. The first-order valence-electron chi connectivity index (χ1n) is 8.89. The highest BCUT2D eigenvalue weighted by Crippen LogP contribution is 2.48. The van der Waals surface area contributed by atoms with E-state index in [1.807, 2.05) is 11.8 Å². The second-order valence-corrected chi connectivity index (χ2v) is 9.06. The Morgan fingerprint density at radius 2 is 1.58 bits per heavy atom. The van der Waals surface area contributed by atoms with Crippen LogP contribution in [-0.2, 0) is 13.1 Å². The van der Waals surface area contributed by atoms with Gasteiger partial charge in [0.2, 0.25) is 0 Å². The number of aromatic nitrogens is 3. The van der Waals surface area contributed by atoms with Gasteiger partial charge in [-0.25, -0.2) is 0 Å². The lowest BCUT2D eigenvalue weighted by Crippen LogP contribution is -2.22. The van der Waals surface area contributed by atoms with Crippen molar-refractivity contribution < 1.29 is 0 Å². The van der Waals surface area contributed by atoms with E-state index in [1.54, 1.807) is 11.8 Å². The zero-order valence-electron chi connectivity index (χ0n) is 15.2. The normalized spacial score (nSPS) is 13.0. The van der Waals surface area contributed by atoms with Crippen LogP contribution in [0.25, 0.3) is 0 Å². The van der Waals surface area contributed by atoms with Gasteiger partial charge in [-0.05, 0) is 31.2 Å². The molecule has 2 aromatic carbocycles. The molecule has 1 aliphatic heterocycles. The Hall–Kier alpha value is -1.92. The summed E-state index contributed by atoms with van der Waals surface area (Å²) in [6.07, 6.45) is 0. The standard InChI is InChI=1S/C20H22N4S2/c1-4-23-19(21-22-20(23)25-14(2)3)13-24-15-9-5-7-11-17(15)26-18-12-8-6-10-16(18)24/h5-12,14H,4,13H2,1-3H3. The Morgan fingerprint density at radius 1 is 0.962 bits per heavy atom. The van der Waals surface area contributed by atoms with E-state index < -0.39 is 0 Å². The van der Waals surface area contributed by atoms with E-state index >= 15 is 0 Å². The van der Waals surface area contributed by atoms with Gasteiger partial charge in [0.1, 0.15) is 0 Å². The fourth-order valence-corrected chi connectivity index (χ4v) is 5.11. The summed E-state index contributed by atoms with van der Waals surface area (Å²) in [5, 5.41) is 10.5. The molecule has 0 saturated heterocycles. The number of nitrogens with zero attached hydrogens (tertiary/aromatic N) is 4. The largest absolute Gasteiger partial charge is 0.332 e. The van der Waals surface area contributed by atoms with Crippen LogP contribution in [0.2, 0.25) is 0 Å². The van der Waals surface area contributed by atoms with Gasteiger partial charge < -0.3 is 9.47 Å². The van der Waals surface area contributed by atoms with E-state index in [0.29, 0.717) is 11.8 Å². The first-order chi connectivity index (χ1) is 12.7. The summed E-state index contributed by atoms with van der Waals surface area (Å²) in [7, 11) is 0. The molecular weight excluding hydrogens is 360 g/mol. The van der Waals surface area contributed by atoms with Crippen molar-refractivity contribution in [3.05, 3.63) is 54.4 Å². The SMILES string of the molecule is CCn1c(CN2c3ccccc3Sc3ccccc32)nnc1SC(C)C. The van der Waals surface area contributed by atoms with Gasteiger partial charge in [-0.1, -0.05) is 61.6 Å². The molecule has 0 N–H and O–H groups in total. The minimum atomic E-state index is 0.491. The average Bonchev–Trinajstić information content (AvgIpc) is 3.02. The van der Waals surface area contributed by atoms with E-state index in [9.17, 15) is 0 Å². The predicted octanol–water partition coefficient (Wildman–Crippen LogP) is 5.60. The number of benzene rings is 2. The monoisotopic (exact) mass is 382 g/mol. The molecule has 134 valence electrons.